The van der Waals surface area contributed by atoms with Gasteiger partial charge in [0.2, 0.25) is 0 Å². The summed E-state index contributed by atoms with van der Waals surface area (Å²) in [6, 6.07) is 7.03. The molecule has 0 saturated heterocycles. The predicted molar refractivity (Wildman–Crippen MR) is 61.0 cm³/mol. The minimum atomic E-state index is -0.490. The fourth-order valence-electron chi connectivity index (χ4n) is 1.21. The van der Waals surface area contributed by atoms with Crippen molar-refractivity contribution in [3.8, 4) is 0 Å². The first kappa shape index (κ1) is 14.8. The van der Waals surface area contributed by atoms with Crippen LogP contribution >= 0.6 is 0 Å². The molecule has 1 unspecified atom stereocenters. The maximum Gasteiger partial charge on any atom is 1.00 e. The molecule has 1 aromatic carbocycles. The van der Waals surface area contributed by atoms with E-state index >= 15 is 0 Å². The number of carbonyl (C=O) groups excluding carboxylic acids is 1. The molecule has 0 saturated carbocycles. The normalized spacial score (nSPS) is 10.9. The van der Waals surface area contributed by atoms with Crippen molar-refractivity contribution >= 4 is 17.7 Å². The Labute approximate surface area is 108 Å². The summed E-state index contributed by atoms with van der Waals surface area (Å²) >= 11 is 0. The van der Waals surface area contributed by atoms with Crippen molar-refractivity contribution in [2.24, 2.45) is 0 Å². The number of rotatable bonds is 4. The third-order valence-corrected chi connectivity index (χ3v) is 2.03. The maximum absolute atomic E-state index is 11.2. The largest absolute Gasteiger partial charge is 1.00 e. The summed E-state index contributed by atoms with van der Waals surface area (Å²) in [5.74, 6) is -0.339. The van der Waals surface area contributed by atoms with Crippen LogP contribution in [0.3, 0.4) is 0 Å². The second kappa shape index (κ2) is 7.16. The quantitative estimate of drug-likeness (QED) is 0.515. The second-order valence-corrected chi connectivity index (χ2v) is 3.09. The van der Waals surface area contributed by atoms with Crippen molar-refractivity contribution < 1.29 is 28.4 Å². The van der Waals surface area contributed by atoms with E-state index in [4.69, 9.17) is 0 Å². The van der Waals surface area contributed by atoms with Crippen LogP contribution in [0.25, 0.3) is 11.4 Å². The molecule has 0 N–H and O–H groups in total. The van der Waals surface area contributed by atoms with E-state index in [0.29, 0.717) is 0 Å². The van der Waals surface area contributed by atoms with Gasteiger partial charge in [-0.1, -0.05) is 43.8 Å². The van der Waals surface area contributed by atoms with Crippen molar-refractivity contribution in [3.63, 3.8) is 0 Å². The average molecular weight is 211 g/mol. The Hall–Kier alpha value is -1.17. The molecule has 0 bridgehead atoms. The number of benzene rings is 1. The van der Waals surface area contributed by atoms with Gasteiger partial charge < -0.3 is 10.1 Å². The molecule has 0 aliphatic carbocycles. The number of nitrogens with zero attached hydrogens (tertiary/aromatic N) is 1. The SMILES string of the molecule is C=Cc1ccccc1[N-]C(C)C(=O)OC.[Li+]. The van der Waals surface area contributed by atoms with Crippen LogP contribution in [-0.4, -0.2) is 19.1 Å². The first-order chi connectivity index (χ1) is 7.19. The van der Waals surface area contributed by atoms with Gasteiger partial charge in [0.25, 0.3) is 5.97 Å². The van der Waals surface area contributed by atoms with Gasteiger partial charge in [-0.15, -0.1) is 5.69 Å². The molecular formula is C12H14LiNO2. The summed E-state index contributed by atoms with van der Waals surface area (Å²) in [4.78, 5) is 11.2. The number of ether oxygens (including phenoxy) is 1. The minimum absolute atomic E-state index is 0. The van der Waals surface area contributed by atoms with Crippen LogP contribution in [0.5, 0.6) is 0 Å². The molecule has 0 aromatic heterocycles. The van der Waals surface area contributed by atoms with Crippen molar-refractivity contribution in [2.75, 3.05) is 7.11 Å². The predicted octanol–water partition coefficient (Wildman–Crippen LogP) is -0.0997. The van der Waals surface area contributed by atoms with Gasteiger partial charge in [0, 0.05) is 0 Å². The fourth-order valence-corrected chi connectivity index (χ4v) is 1.21. The van der Waals surface area contributed by atoms with Crippen LogP contribution in [-0.2, 0) is 9.53 Å². The first-order valence-electron chi connectivity index (χ1n) is 4.69. The molecule has 0 aliphatic heterocycles. The summed E-state index contributed by atoms with van der Waals surface area (Å²) < 4.78 is 4.60. The summed E-state index contributed by atoms with van der Waals surface area (Å²) in [6.07, 6.45) is 1.71. The topological polar surface area (TPSA) is 40.4 Å². The van der Waals surface area contributed by atoms with E-state index in [9.17, 15) is 4.79 Å². The van der Waals surface area contributed by atoms with Gasteiger partial charge in [-0.25, -0.2) is 0 Å². The van der Waals surface area contributed by atoms with Gasteiger partial charge in [0.05, 0.1) is 7.11 Å². The molecule has 4 heteroatoms. The van der Waals surface area contributed by atoms with Crippen LogP contribution in [0.4, 0.5) is 5.69 Å². The van der Waals surface area contributed by atoms with Crippen molar-refractivity contribution in [1.29, 1.82) is 0 Å². The van der Waals surface area contributed by atoms with Crippen molar-refractivity contribution in [1.82, 2.24) is 0 Å². The zero-order chi connectivity index (χ0) is 11.3. The average Bonchev–Trinajstić information content (AvgIpc) is 2.28. The van der Waals surface area contributed by atoms with E-state index in [0.717, 1.165) is 11.3 Å². The maximum atomic E-state index is 11.2. The molecule has 1 rings (SSSR count). The molecule has 0 fully saturated rings. The Bertz CT molecular complexity index is 366. The van der Waals surface area contributed by atoms with Gasteiger partial charge in [0.15, 0.2) is 0 Å². The van der Waals surface area contributed by atoms with Crippen LogP contribution in [0.1, 0.15) is 12.5 Å². The van der Waals surface area contributed by atoms with Gasteiger partial charge >= 0.3 is 18.9 Å². The molecule has 1 aromatic rings. The Morgan fingerprint density at radius 1 is 1.50 bits per heavy atom. The summed E-state index contributed by atoms with van der Waals surface area (Å²) in [7, 11) is 1.35. The third-order valence-electron chi connectivity index (χ3n) is 2.03. The molecule has 80 valence electrons. The first-order valence-corrected chi connectivity index (χ1v) is 4.69. The van der Waals surface area contributed by atoms with Crippen LogP contribution in [0, 0.1) is 0 Å². The van der Waals surface area contributed by atoms with Gasteiger partial charge in [-0.2, -0.15) is 0 Å². The van der Waals surface area contributed by atoms with Crippen molar-refractivity contribution in [3.05, 3.63) is 41.7 Å². The third kappa shape index (κ3) is 3.77. The molecule has 0 amide bonds. The summed E-state index contributed by atoms with van der Waals surface area (Å²) in [5.41, 5.74) is 1.67. The van der Waals surface area contributed by atoms with Crippen LogP contribution < -0.4 is 18.9 Å². The molecule has 0 radical (unpaired) electrons. The standard InChI is InChI=1S/C12H14NO2.Li/c1-4-10-7-5-6-8-11(10)13-9(2)12(14)15-3;/h4-9H,1H2,2-3H3;/q-1;+1. The van der Waals surface area contributed by atoms with Gasteiger partial charge in [-0.05, 0) is 11.6 Å². The molecule has 0 heterocycles. The smallest absolute Gasteiger partial charge is 0.673 e. The van der Waals surface area contributed by atoms with Crippen LogP contribution in [0.2, 0.25) is 0 Å². The van der Waals surface area contributed by atoms with Crippen LogP contribution in [0.15, 0.2) is 30.8 Å². The van der Waals surface area contributed by atoms with Gasteiger partial charge in [-0.3, -0.25) is 4.79 Å². The molecule has 3 nitrogen and oxygen atoms in total. The molecule has 0 spiro atoms. The fraction of sp³-hybridized carbons (Fsp3) is 0.250. The van der Waals surface area contributed by atoms with Gasteiger partial charge in [0.1, 0.15) is 0 Å². The molecule has 1 atom stereocenters. The van der Waals surface area contributed by atoms with E-state index in [2.05, 4.69) is 16.6 Å². The van der Waals surface area contributed by atoms with E-state index < -0.39 is 6.04 Å². The number of esters is 1. The number of para-hydroxylation sites is 1. The molecule has 16 heavy (non-hydrogen) atoms. The number of methoxy groups -OCH3 is 1. The Balaban J connectivity index is 0.00000225. The Morgan fingerprint density at radius 3 is 2.69 bits per heavy atom. The molecule has 0 aliphatic rings. The number of carbonyl (C=O) groups is 1. The van der Waals surface area contributed by atoms with E-state index in [1.807, 2.05) is 24.3 Å². The summed E-state index contributed by atoms with van der Waals surface area (Å²) in [5, 5.41) is 4.25. The Kier molecular flexibility index (Phi) is 6.63. The summed E-state index contributed by atoms with van der Waals surface area (Å²) in [6.45, 7) is 5.39. The monoisotopic (exact) mass is 211 g/mol. The second-order valence-electron chi connectivity index (χ2n) is 3.09. The minimum Gasteiger partial charge on any atom is -0.673 e. The number of hydrogen-bond acceptors (Lipinski definition) is 2. The Morgan fingerprint density at radius 2 is 2.12 bits per heavy atom. The van der Waals surface area contributed by atoms with Crippen molar-refractivity contribution in [2.45, 2.75) is 13.0 Å². The zero-order valence-corrected chi connectivity index (χ0v) is 9.93. The van der Waals surface area contributed by atoms with E-state index in [1.165, 1.54) is 7.11 Å². The van der Waals surface area contributed by atoms with E-state index in [1.54, 1.807) is 13.0 Å². The zero-order valence-electron chi connectivity index (χ0n) is 9.93. The number of hydrogen-bond donors (Lipinski definition) is 0. The molecular weight excluding hydrogens is 197 g/mol. The van der Waals surface area contributed by atoms with E-state index in [-0.39, 0.29) is 24.8 Å².